The number of hydrogen-bond acceptors (Lipinski definition) is 2. The fraction of sp³-hybridized carbons (Fsp3) is 0.348. The van der Waals surface area contributed by atoms with E-state index in [9.17, 15) is 4.79 Å². The van der Waals surface area contributed by atoms with E-state index in [4.69, 9.17) is 4.74 Å². The monoisotopic (exact) mass is 334 g/mol. The molecule has 1 aliphatic rings. The predicted molar refractivity (Wildman–Crippen MR) is 102 cm³/mol. The van der Waals surface area contributed by atoms with Crippen molar-refractivity contribution in [2.75, 3.05) is 7.11 Å². The summed E-state index contributed by atoms with van der Waals surface area (Å²) in [7, 11) is 1.48. The summed E-state index contributed by atoms with van der Waals surface area (Å²) in [5, 5.41) is 0. The van der Waals surface area contributed by atoms with Crippen LogP contribution in [-0.2, 0) is 16.0 Å². The van der Waals surface area contributed by atoms with Crippen LogP contribution in [-0.4, -0.2) is 13.1 Å². The zero-order chi connectivity index (χ0) is 18.0. The molecule has 0 saturated carbocycles. The molecule has 2 nitrogen and oxygen atoms in total. The Morgan fingerprint density at radius 3 is 2.44 bits per heavy atom. The van der Waals surface area contributed by atoms with Gasteiger partial charge in [-0.15, -0.1) is 0 Å². The molecule has 0 radical (unpaired) electrons. The first kappa shape index (κ1) is 17.5. The minimum absolute atomic E-state index is 0.0647. The maximum absolute atomic E-state index is 12.5. The van der Waals surface area contributed by atoms with Crippen molar-refractivity contribution in [3.8, 4) is 0 Å². The summed E-state index contributed by atoms with van der Waals surface area (Å²) in [4.78, 5) is 12.5. The molecule has 2 heteroatoms. The van der Waals surface area contributed by atoms with Gasteiger partial charge in [0.1, 0.15) is 0 Å². The summed E-state index contributed by atoms with van der Waals surface area (Å²) in [5.74, 6) is -0.120. The molecule has 2 aromatic rings. The molecule has 3 rings (SSSR count). The largest absolute Gasteiger partial charge is 0.469 e. The van der Waals surface area contributed by atoms with Crippen molar-refractivity contribution in [2.45, 2.75) is 32.6 Å². The second-order valence-corrected chi connectivity index (χ2v) is 7.65. The molecule has 1 aliphatic carbocycles. The fourth-order valence-electron chi connectivity index (χ4n) is 4.20. The van der Waals surface area contributed by atoms with Crippen molar-refractivity contribution in [3.63, 3.8) is 0 Å². The second-order valence-electron chi connectivity index (χ2n) is 7.65. The SMILES string of the molecule is C=C(CC(C)(C)C1Cc2ccccc2C1C(=O)OC)c1ccccc1. The van der Waals surface area contributed by atoms with E-state index in [-0.39, 0.29) is 23.2 Å². The van der Waals surface area contributed by atoms with Crippen molar-refractivity contribution in [2.24, 2.45) is 11.3 Å². The summed E-state index contributed by atoms with van der Waals surface area (Å²) in [5.41, 5.74) is 4.61. The van der Waals surface area contributed by atoms with Crippen LogP contribution in [0, 0.1) is 11.3 Å². The lowest BCUT2D eigenvalue weighted by Gasteiger charge is -2.36. The molecule has 0 amide bonds. The average molecular weight is 334 g/mol. The van der Waals surface area contributed by atoms with E-state index < -0.39 is 0 Å². The van der Waals surface area contributed by atoms with Gasteiger partial charge in [0.2, 0.25) is 0 Å². The van der Waals surface area contributed by atoms with Gasteiger partial charge in [-0.3, -0.25) is 4.79 Å². The summed E-state index contributed by atoms with van der Waals surface area (Å²) < 4.78 is 5.14. The molecular weight excluding hydrogens is 308 g/mol. The van der Waals surface area contributed by atoms with Crippen LogP contribution >= 0.6 is 0 Å². The van der Waals surface area contributed by atoms with Crippen LogP contribution in [0.2, 0.25) is 0 Å². The number of carbonyl (C=O) groups is 1. The van der Waals surface area contributed by atoms with Crippen LogP contribution in [0.1, 0.15) is 42.9 Å². The molecule has 0 fully saturated rings. The Bertz CT molecular complexity index is 774. The van der Waals surface area contributed by atoms with Crippen LogP contribution in [0.4, 0.5) is 0 Å². The van der Waals surface area contributed by atoms with Gasteiger partial charge < -0.3 is 4.74 Å². The Labute approximate surface area is 150 Å². The van der Waals surface area contributed by atoms with E-state index in [0.29, 0.717) is 0 Å². The van der Waals surface area contributed by atoms with Crippen LogP contribution in [0.5, 0.6) is 0 Å². The lowest BCUT2D eigenvalue weighted by Crippen LogP contribution is -2.32. The Hall–Kier alpha value is -2.35. The third-order valence-corrected chi connectivity index (χ3v) is 5.54. The normalized spacial score (nSPS) is 19.3. The Morgan fingerprint density at radius 2 is 1.76 bits per heavy atom. The third-order valence-electron chi connectivity index (χ3n) is 5.54. The number of rotatable bonds is 5. The van der Waals surface area contributed by atoms with E-state index in [1.165, 1.54) is 18.2 Å². The molecule has 0 aromatic heterocycles. The highest BCUT2D eigenvalue weighted by Gasteiger charge is 2.45. The predicted octanol–water partition coefficient (Wildman–Crippen LogP) is 5.25. The molecule has 0 spiro atoms. The van der Waals surface area contributed by atoms with Gasteiger partial charge in [0.05, 0.1) is 13.0 Å². The molecule has 0 N–H and O–H groups in total. The number of benzene rings is 2. The first-order chi connectivity index (χ1) is 11.9. The number of fused-ring (bicyclic) bond motifs is 1. The quantitative estimate of drug-likeness (QED) is 0.699. The first-order valence-corrected chi connectivity index (χ1v) is 8.83. The van der Waals surface area contributed by atoms with Crippen molar-refractivity contribution in [1.29, 1.82) is 0 Å². The summed E-state index contributed by atoms with van der Waals surface area (Å²) in [6.45, 7) is 8.79. The smallest absolute Gasteiger partial charge is 0.313 e. The van der Waals surface area contributed by atoms with E-state index in [1.54, 1.807) is 0 Å². The highest BCUT2D eigenvalue weighted by molar-refractivity contribution is 5.80. The van der Waals surface area contributed by atoms with Gasteiger partial charge >= 0.3 is 5.97 Å². The molecule has 130 valence electrons. The Morgan fingerprint density at radius 1 is 1.12 bits per heavy atom. The van der Waals surface area contributed by atoms with E-state index in [0.717, 1.165) is 24.0 Å². The fourth-order valence-corrected chi connectivity index (χ4v) is 4.20. The summed E-state index contributed by atoms with van der Waals surface area (Å²) in [6, 6.07) is 18.5. The molecule has 2 atom stereocenters. The van der Waals surface area contributed by atoms with E-state index in [1.807, 2.05) is 30.3 Å². The zero-order valence-corrected chi connectivity index (χ0v) is 15.3. The van der Waals surface area contributed by atoms with Crippen LogP contribution in [0.3, 0.4) is 0 Å². The number of esters is 1. The number of methoxy groups -OCH3 is 1. The van der Waals surface area contributed by atoms with E-state index >= 15 is 0 Å². The van der Waals surface area contributed by atoms with Gasteiger partial charge in [-0.1, -0.05) is 75.0 Å². The van der Waals surface area contributed by atoms with Gasteiger partial charge in [0.15, 0.2) is 0 Å². The maximum Gasteiger partial charge on any atom is 0.313 e. The van der Waals surface area contributed by atoms with Gasteiger partial charge in [-0.05, 0) is 46.4 Å². The second kappa shape index (κ2) is 6.87. The Balaban J connectivity index is 1.88. The highest BCUT2D eigenvalue weighted by Crippen LogP contribution is 2.50. The molecule has 25 heavy (non-hydrogen) atoms. The van der Waals surface area contributed by atoms with Crippen LogP contribution < -0.4 is 0 Å². The minimum atomic E-state index is -0.195. The number of allylic oxidation sites excluding steroid dienone is 1. The number of hydrogen-bond donors (Lipinski definition) is 0. The first-order valence-electron chi connectivity index (χ1n) is 8.83. The van der Waals surface area contributed by atoms with Crippen molar-refractivity contribution in [3.05, 3.63) is 77.9 Å². The van der Waals surface area contributed by atoms with Crippen molar-refractivity contribution in [1.82, 2.24) is 0 Å². The van der Waals surface area contributed by atoms with Crippen molar-refractivity contribution < 1.29 is 9.53 Å². The summed E-state index contributed by atoms with van der Waals surface area (Å²) >= 11 is 0. The molecule has 2 aromatic carbocycles. The number of carbonyl (C=O) groups excluding carboxylic acids is 1. The molecule has 0 aliphatic heterocycles. The van der Waals surface area contributed by atoms with Gasteiger partial charge in [-0.25, -0.2) is 0 Å². The standard InChI is InChI=1S/C23H26O2/c1-16(17-10-6-5-7-11-17)15-23(2,3)20-14-18-12-8-9-13-19(18)21(20)22(24)25-4/h5-13,20-21H,1,14-15H2,2-4H3. The van der Waals surface area contributed by atoms with Gasteiger partial charge in [0.25, 0.3) is 0 Å². The Kier molecular flexibility index (Phi) is 4.80. The molecule has 2 unspecified atom stereocenters. The van der Waals surface area contributed by atoms with Crippen LogP contribution in [0.15, 0.2) is 61.2 Å². The molecule has 0 bridgehead atoms. The third kappa shape index (κ3) is 3.39. The molecule has 0 heterocycles. The van der Waals surface area contributed by atoms with Gasteiger partial charge in [-0.2, -0.15) is 0 Å². The summed E-state index contributed by atoms with van der Waals surface area (Å²) in [6.07, 6.45) is 1.76. The van der Waals surface area contributed by atoms with Gasteiger partial charge in [0, 0.05) is 0 Å². The molecular formula is C23H26O2. The molecule has 0 saturated heterocycles. The van der Waals surface area contributed by atoms with Crippen molar-refractivity contribution >= 4 is 11.5 Å². The van der Waals surface area contributed by atoms with E-state index in [2.05, 4.69) is 44.7 Å². The number of ether oxygens (including phenoxy) is 1. The zero-order valence-electron chi connectivity index (χ0n) is 15.3. The average Bonchev–Trinajstić information content (AvgIpc) is 3.02. The lowest BCUT2D eigenvalue weighted by molar-refractivity contribution is -0.144. The topological polar surface area (TPSA) is 26.3 Å². The minimum Gasteiger partial charge on any atom is -0.469 e. The lowest BCUT2D eigenvalue weighted by atomic mass is 9.68. The highest BCUT2D eigenvalue weighted by atomic mass is 16.5. The maximum atomic E-state index is 12.5. The van der Waals surface area contributed by atoms with Crippen LogP contribution in [0.25, 0.3) is 5.57 Å².